The summed E-state index contributed by atoms with van der Waals surface area (Å²) < 4.78 is 0. The molecule has 26 heavy (non-hydrogen) atoms. The quantitative estimate of drug-likeness (QED) is 0.715. The van der Waals surface area contributed by atoms with Crippen LogP contribution >= 0.6 is 11.3 Å². The third kappa shape index (κ3) is 5.04. The van der Waals surface area contributed by atoms with Crippen molar-refractivity contribution in [2.24, 2.45) is 4.99 Å². The Morgan fingerprint density at radius 3 is 2.54 bits per heavy atom. The van der Waals surface area contributed by atoms with E-state index >= 15 is 0 Å². The number of anilines is 1. The van der Waals surface area contributed by atoms with E-state index in [0.717, 1.165) is 21.7 Å². The summed E-state index contributed by atoms with van der Waals surface area (Å²) in [7, 11) is 1.70. The van der Waals surface area contributed by atoms with Gasteiger partial charge in [0, 0.05) is 19.3 Å². The minimum Gasteiger partial charge on any atom is -0.507 e. The van der Waals surface area contributed by atoms with Crippen LogP contribution in [0.2, 0.25) is 0 Å². The number of aliphatic imine (C=N–C) groups is 1. The minimum absolute atomic E-state index is 0.0898. The highest BCUT2D eigenvalue weighted by Crippen LogP contribution is 2.32. The molecule has 0 bridgehead atoms. The molecule has 0 fully saturated rings. The Labute approximate surface area is 159 Å². The van der Waals surface area contributed by atoms with E-state index < -0.39 is 0 Å². The lowest BCUT2D eigenvalue weighted by molar-refractivity contribution is 0.473. The van der Waals surface area contributed by atoms with Crippen molar-refractivity contribution in [3.63, 3.8) is 0 Å². The van der Waals surface area contributed by atoms with Crippen molar-refractivity contribution >= 4 is 40.0 Å². The Bertz CT molecular complexity index is 886. The molecule has 1 aromatic carbocycles. The lowest BCUT2D eigenvalue weighted by Gasteiger charge is -2.04. The third-order valence-electron chi connectivity index (χ3n) is 3.44. The largest absolute Gasteiger partial charge is 0.507 e. The van der Waals surface area contributed by atoms with Crippen LogP contribution in [0.3, 0.4) is 0 Å². The van der Waals surface area contributed by atoms with Gasteiger partial charge in [-0.2, -0.15) is 0 Å². The number of rotatable bonds is 4. The lowest BCUT2D eigenvalue weighted by atomic mass is 10.0. The number of aryl methyl sites for hydroxylation is 1. The van der Waals surface area contributed by atoms with Gasteiger partial charge in [0.25, 0.3) is 6.57 Å². The average molecular weight is 370 g/mol. The normalized spacial score (nSPS) is 11.8. The average Bonchev–Trinajstić information content (AvgIpc) is 2.96. The summed E-state index contributed by atoms with van der Waals surface area (Å²) in [6, 6.07) is 5.33. The van der Waals surface area contributed by atoms with Crippen molar-refractivity contribution in [3.05, 3.63) is 50.8 Å². The number of benzene rings is 1. The molecule has 0 unspecified atom stereocenters. The van der Waals surface area contributed by atoms with Gasteiger partial charge in [0.15, 0.2) is 5.13 Å². The van der Waals surface area contributed by atoms with E-state index in [-0.39, 0.29) is 5.75 Å². The fraction of sp³-hybridized carbons (Fsp3) is 0.250. The van der Waals surface area contributed by atoms with Gasteiger partial charge in [0.2, 0.25) is 0 Å². The summed E-state index contributed by atoms with van der Waals surface area (Å²) in [5, 5.41) is 10.9. The Morgan fingerprint density at radius 2 is 2.08 bits per heavy atom. The predicted octanol–water partition coefficient (Wildman–Crippen LogP) is 5.33. The molecule has 0 aliphatic heterocycles. The summed E-state index contributed by atoms with van der Waals surface area (Å²) in [6.45, 7) is 13.3. The van der Waals surface area contributed by atoms with Gasteiger partial charge in [-0.15, -0.1) is 0 Å². The van der Waals surface area contributed by atoms with Crippen LogP contribution in [0.25, 0.3) is 22.2 Å². The molecule has 6 heteroatoms. The molecule has 5 nitrogen and oxygen atoms in total. The molecule has 0 radical (unpaired) electrons. The number of phenols is 1. The van der Waals surface area contributed by atoms with E-state index in [2.05, 4.69) is 14.8 Å². The van der Waals surface area contributed by atoms with Gasteiger partial charge in [-0.05, 0) is 42.0 Å². The van der Waals surface area contributed by atoms with Crippen molar-refractivity contribution in [1.29, 1.82) is 0 Å². The van der Waals surface area contributed by atoms with E-state index in [1.165, 1.54) is 11.3 Å². The molecule has 2 rings (SSSR count). The molecule has 2 aromatic rings. The van der Waals surface area contributed by atoms with E-state index in [0.29, 0.717) is 16.4 Å². The SMILES string of the molecule is C#[N+]/C(=C\c1sc(N)nc1C)c1ccc(/C(C=NC)=C/C)cc1O.CC. The maximum Gasteiger partial charge on any atom is 0.352 e. The first kappa shape index (κ1) is 21.1. The molecule has 1 aromatic heterocycles. The first-order valence-electron chi connectivity index (χ1n) is 8.28. The van der Waals surface area contributed by atoms with Crippen LogP contribution in [0.15, 0.2) is 29.3 Å². The second kappa shape index (κ2) is 10.2. The van der Waals surface area contributed by atoms with Crippen molar-refractivity contribution in [2.75, 3.05) is 12.8 Å². The standard InChI is InChI=1S/C18H18N4OS.C2H6/c1-5-12(10-20-3)13-6-7-14(16(23)8-13)15(21-4)9-17-11(2)22-18(19)24-17;1-2/h4-10H,1-3H3,(H2-,19,22,23);1-2H3/p+1/b12-5+,15-9-,20-10?;. The number of aromatic hydroxyl groups is 1. The van der Waals surface area contributed by atoms with Gasteiger partial charge in [0.05, 0.1) is 10.6 Å². The summed E-state index contributed by atoms with van der Waals surface area (Å²) in [5.74, 6) is 0.0898. The van der Waals surface area contributed by atoms with Crippen LogP contribution in [-0.4, -0.2) is 23.4 Å². The highest BCUT2D eigenvalue weighted by atomic mass is 32.1. The Hall–Kier alpha value is -2.91. The van der Waals surface area contributed by atoms with Crippen LogP contribution in [0.1, 0.15) is 42.5 Å². The van der Waals surface area contributed by atoms with Gasteiger partial charge >= 0.3 is 5.70 Å². The summed E-state index contributed by atoms with van der Waals surface area (Å²) in [6.07, 6.45) is 5.43. The number of nitrogen functional groups attached to an aromatic ring is 1. The molecule has 0 aliphatic rings. The number of aromatic nitrogens is 1. The fourth-order valence-electron chi connectivity index (χ4n) is 2.25. The van der Waals surface area contributed by atoms with E-state index in [1.54, 1.807) is 31.5 Å². The Balaban J connectivity index is 0.00000163. The molecule has 0 spiro atoms. The lowest BCUT2D eigenvalue weighted by Crippen LogP contribution is -1.89. The van der Waals surface area contributed by atoms with Gasteiger partial charge in [-0.3, -0.25) is 4.99 Å². The zero-order valence-corrected chi connectivity index (χ0v) is 16.6. The molecular weight excluding hydrogens is 344 g/mol. The van der Waals surface area contributed by atoms with Crippen LogP contribution in [0.5, 0.6) is 5.75 Å². The Morgan fingerprint density at radius 1 is 1.38 bits per heavy atom. The topological polar surface area (TPSA) is 75.9 Å². The summed E-state index contributed by atoms with van der Waals surface area (Å²) in [5.41, 5.74) is 9.28. The van der Waals surface area contributed by atoms with Crippen molar-refractivity contribution < 1.29 is 5.11 Å². The number of thiazole rings is 1. The molecule has 0 saturated heterocycles. The number of allylic oxidation sites excluding steroid dienone is 2. The zero-order valence-electron chi connectivity index (χ0n) is 15.8. The van der Waals surface area contributed by atoms with Crippen molar-refractivity contribution in [1.82, 2.24) is 4.98 Å². The number of hydrogen-bond donors (Lipinski definition) is 2. The number of phenolic OH excluding ortho intramolecular Hbond substituents is 1. The highest BCUT2D eigenvalue weighted by Gasteiger charge is 2.18. The van der Waals surface area contributed by atoms with Gasteiger partial charge in [-0.25, -0.2) is 4.98 Å². The van der Waals surface area contributed by atoms with Crippen LogP contribution in [-0.2, 0) is 0 Å². The molecular formula is C20H25N4OS+. The van der Waals surface area contributed by atoms with Crippen LogP contribution < -0.4 is 5.73 Å². The third-order valence-corrected chi connectivity index (χ3v) is 4.38. The van der Waals surface area contributed by atoms with Gasteiger partial charge in [-0.1, -0.05) is 37.3 Å². The maximum atomic E-state index is 10.4. The van der Waals surface area contributed by atoms with Crippen LogP contribution in [0, 0.1) is 13.5 Å². The molecule has 0 amide bonds. The first-order valence-corrected chi connectivity index (χ1v) is 9.09. The molecule has 0 atom stereocenters. The predicted molar refractivity (Wildman–Crippen MR) is 115 cm³/mol. The number of hydrogen-bond acceptors (Lipinski definition) is 5. The summed E-state index contributed by atoms with van der Waals surface area (Å²) in [4.78, 5) is 12.8. The molecule has 3 N–H and O–H groups in total. The minimum atomic E-state index is 0.0898. The van der Waals surface area contributed by atoms with E-state index in [1.807, 2.05) is 39.8 Å². The number of nitrogens with two attached hydrogens (primary N) is 1. The van der Waals surface area contributed by atoms with Gasteiger partial charge in [0.1, 0.15) is 11.3 Å². The second-order valence-corrected chi connectivity index (χ2v) is 6.09. The molecule has 0 saturated carbocycles. The van der Waals surface area contributed by atoms with E-state index in [4.69, 9.17) is 12.3 Å². The van der Waals surface area contributed by atoms with E-state index in [9.17, 15) is 5.11 Å². The molecule has 1 heterocycles. The smallest absolute Gasteiger partial charge is 0.352 e. The maximum absolute atomic E-state index is 10.4. The van der Waals surface area contributed by atoms with Crippen LogP contribution in [0.4, 0.5) is 5.13 Å². The monoisotopic (exact) mass is 369 g/mol. The molecule has 0 aliphatic carbocycles. The van der Waals surface area contributed by atoms with Crippen molar-refractivity contribution in [3.8, 4) is 12.3 Å². The fourth-order valence-corrected chi connectivity index (χ4v) is 3.03. The summed E-state index contributed by atoms with van der Waals surface area (Å²) >= 11 is 1.34. The first-order chi connectivity index (χ1) is 12.5. The Kier molecular flexibility index (Phi) is 8.26. The van der Waals surface area contributed by atoms with Gasteiger partial charge < -0.3 is 10.8 Å². The highest BCUT2D eigenvalue weighted by molar-refractivity contribution is 7.16. The number of nitrogens with zero attached hydrogens (tertiary/aromatic N) is 3. The zero-order chi connectivity index (χ0) is 19.7. The second-order valence-electron chi connectivity index (χ2n) is 5.02. The van der Waals surface area contributed by atoms with Crippen molar-refractivity contribution in [2.45, 2.75) is 27.7 Å². The molecule has 136 valence electrons.